The number of rotatable bonds is 4. The van der Waals surface area contributed by atoms with Crippen LogP contribution in [-0.2, 0) is 9.47 Å². The van der Waals surface area contributed by atoms with Crippen molar-refractivity contribution in [2.45, 2.75) is 37.5 Å². The first-order valence-electron chi connectivity index (χ1n) is 4.90. The summed E-state index contributed by atoms with van der Waals surface area (Å²) in [6, 6.07) is -0.513. The lowest BCUT2D eigenvalue weighted by atomic mass is 9.90. The van der Waals surface area contributed by atoms with Crippen LogP contribution in [0.3, 0.4) is 0 Å². The Kier molecular flexibility index (Phi) is 4.53. The molecule has 0 aromatic heterocycles. The molecule has 1 fully saturated rings. The summed E-state index contributed by atoms with van der Waals surface area (Å²) in [4.78, 5) is 10.4. The van der Waals surface area contributed by atoms with Crippen molar-refractivity contribution in [1.29, 1.82) is 0 Å². The van der Waals surface area contributed by atoms with Gasteiger partial charge in [0, 0.05) is 24.9 Å². The summed E-state index contributed by atoms with van der Waals surface area (Å²) in [5.41, 5.74) is 0. The monoisotopic (exact) mass is 213 g/mol. The fourth-order valence-electron chi connectivity index (χ4n) is 1.87. The van der Waals surface area contributed by atoms with E-state index in [2.05, 4.69) is 5.92 Å². The lowest BCUT2D eigenvalue weighted by molar-refractivity contribution is -0.529. The highest BCUT2D eigenvalue weighted by atomic mass is 16.6. The number of hydrogen-bond donors (Lipinski definition) is 0. The van der Waals surface area contributed by atoms with E-state index in [9.17, 15) is 10.1 Å². The molecule has 1 saturated carbocycles. The van der Waals surface area contributed by atoms with Gasteiger partial charge in [0.05, 0.1) is 12.2 Å². The third-order valence-corrected chi connectivity index (χ3v) is 2.69. The summed E-state index contributed by atoms with van der Waals surface area (Å²) in [6.07, 6.45) is 6.32. The molecule has 0 aromatic rings. The minimum absolute atomic E-state index is 0.109. The molecule has 0 aromatic carbocycles. The van der Waals surface area contributed by atoms with Crippen LogP contribution in [0, 0.1) is 22.5 Å². The van der Waals surface area contributed by atoms with Crippen molar-refractivity contribution in [2.24, 2.45) is 0 Å². The fourth-order valence-corrected chi connectivity index (χ4v) is 1.87. The molecule has 84 valence electrons. The van der Waals surface area contributed by atoms with Crippen molar-refractivity contribution >= 4 is 0 Å². The second-order valence-corrected chi connectivity index (χ2v) is 3.58. The van der Waals surface area contributed by atoms with Gasteiger partial charge in [-0.15, -0.1) is 6.42 Å². The second kappa shape index (κ2) is 5.69. The van der Waals surface area contributed by atoms with Crippen molar-refractivity contribution < 1.29 is 14.4 Å². The molecular weight excluding hydrogens is 198 g/mol. The number of ether oxygens (including phenoxy) is 2. The van der Waals surface area contributed by atoms with Crippen LogP contribution in [0.2, 0.25) is 0 Å². The van der Waals surface area contributed by atoms with E-state index in [0.717, 1.165) is 0 Å². The lowest BCUT2D eigenvalue weighted by Crippen LogP contribution is -2.41. The Morgan fingerprint density at radius 1 is 1.53 bits per heavy atom. The predicted octanol–water partition coefficient (Wildman–Crippen LogP) is 0.849. The molecule has 1 aliphatic rings. The maximum Gasteiger partial charge on any atom is 0.215 e. The Morgan fingerprint density at radius 3 is 2.80 bits per heavy atom. The zero-order valence-electron chi connectivity index (χ0n) is 8.72. The van der Waals surface area contributed by atoms with Crippen LogP contribution in [0.1, 0.15) is 19.3 Å². The van der Waals surface area contributed by atoms with Crippen molar-refractivity contribution in [1.82, 2.24) is 0 Å². The van der Waals surface area contributed by atoms with Gasteiger partial charge in [-0.25, -0.2) is 0 Å². The van der Waals surface area contributed by atoms with E-state index in [1.807, 2.05) is 0 Å². The van der Waals surface area contributed by atoms with E-state index in [0.29, 0.717) is 19.3 Å². The van der Waals surface area contributed by atoms with E-state index >= 15 is 0 Å². The summed E-state index contributed by atoms with van der Waals surface area (Å²) < 4.78 is 10.6. The molecule has 1 aliphatic carbocycles. The number of terminal acetylenes is 1. The SMILES string of the molecule is C#CCOC1CCC([N+](=O)[O-])CC1OC. The zero-order valence-corrected chi connectivity index (χ0v) is 8.72. The summed E-state index contributed by atoms with van der Waals surface area (Å²) in [5, 5.41) is 10.6. The van der Waals surface area contributed by atoms with Gasteiger partial charge in [0.2, 0.25) is 6.04 Å². The van der Waals surface area contributed by atoms with E-state index in [4.69, 9.17) is 15.9 Å². The summed E-state index contributed by atoms with van der Waals surface area (Å²) in [7, 11) is 1.54. The fraction of sp³-hybridized carbons (Fsp3) is 0.800. The van der Waals surface area contributed by atoms with Crippen LogP contribution in [0.4, 0.5) is 0 Å². The van der Waals surface area contributed by atoms with Crippen LogP contribution >= 0.6 is 0 Å². The molecule has 3 atom stereocenters. The number of nitrogens with zero attached hydrogens (tertiary/aromatic N) is 1. The minimum Gasteiger partial charge on any atom is -0.378 e. The van der Waals surface area contributed by atoms with Crippen molar-refractivity contribution in [3.63, 3.8) is 0 Å². The van der Waals surface area contributed by atoms with Crippen LogP contribution in [0.25, 0.3) is 0 Å². The summed E-state index contributed by atoms with van der Waals surface area (Å²) >= 11 is 0. The first kappa shape index (κ1) is 12.0. The molecule has 5 heteroatoms. The highest BCUT2D eigenvalue weighted by Crippen LogP contribution is 2.25. The predicted molar refractivity (Wildman–Crippen MR) is 54.0 cm³/mol. The van der Waals surface area contributed by atoms with E-state index in [1.54, 1.807) is 7.11 Å². The van der Waals surface area contributed by atoms with Gasteiger partial charge in [-0.05, 0) is 6.42 Å². The lowest BCUT2D eigenvalue weighted by Gasteiger charge is -2.31. The molecule has 3 unspecified atom stereocenters. The van der Waals surface area contributed by atoms with Gasteiger partial charge in [-0.3, -0.25) is 10.1 Å². The van der Waals surface area contributed by atoms with E-state index in [-0.39, 0.29) is 23.7 Å². The van der Waals surface area contributed by atoms with Gasteiger partial charge < -0.3 is 9.47 Å². The molecule has 5 nitrogen and oxygen atoms in total. The third kappa shape index (κ3) is 3.18. The minimum atomic E-state index is -0.513. The summed E-state index contributed by atoms with van der Waals surface area (Å²) in [6.45, 7) is 0.230. The van der Waals surface area contributed by atoms with Crippen LogP contribution in [-0.4, -0.2) is 36.9 Å². The Morgan fingerprint density at radius 2 is 2.27 bits per heavy atom. The van der Waals surface area contributed by atoms with Gasteiger partial charge in [0.1, 0.15) is 6.61 Å². The van der Waals surface area contributed by atoms with E-state index in [1.165, 1.54) is 0 Å². The molecule has 0 spiro atoms. The quantitative estimate of drug-likeness (QED) is 0.394. The normalized spacial score (nSPS) is 30.8. The van der Waals surface area contributed by atoms with Gasteiger partial charge in [-0.1, -0.05) is 5.92 Å². The largest absolute Gasteiger partial charge is 0.378 e. The molecule has 0 saturated heterocycles. The molecule has 15 heavy (non-hydrogen) atoms. The maximum absolute atomic E-state index is 10.6. The topological polar surface area (TPSA) is 61.6 Å². The molecule has 0 N–H and O–H groups in total. The number of hydrogen-bond acceptors (Lipinski definition) is 4. The van der Waals surface area contributed by atoms with Crippen LogP contribution in [0.5, 0.6) is 0 Å². The second-order valence-electron chi connectivity index (χ2n) is 3.58. The standard InChI is InChI=1S/C10H15NO4/c1-3-6-15-9-5-4-8(11(12)13)7-10(9)14-2/h1,8-10H,4-7H2,2H3. The first-order chi connectivity index (χ1) is 7.19. The third-order valence-electron chi connectivity index (χ3n) is 2.69. The Balaban J connectivity index is 2.49. The Hall–Kier alpha value is -1.12. The average Bonchev–Trinajstić information content (AvgIpc) is 2.25. The van der Waals surface area contributed by atoms with Crippen LogP contribution < -0.4 is 0 Å². The average molecular weight is 213 g/mol. The highest BCUT2D eigenvalue weighted by molar-refractivity contribution is 4.87. The smallest absolute Gasteiger partial charge is 0.215 e. The molecule has 1 rings (SSSR count). The van der Waals surface area contributed by atoms with Gasteiger partial charge in [0.15, 0.2) is 0 Å². The van der Waals surface area contributed by atoms with E-state index < -0.39 is 6.04 Å². The Labute approximate surface area is 88.9 Å². The van der Waals surface area contributed by atoms with Gasteiger partial charge >= 0.3 is 0 Å². The molecule has 0 bridgehead atoms. The van der Waals surface area contributed by atoms with Crippen molar-refractivity contribution in [3.8, 4) is 12.3 Å². The van der Waals surface area contributed by atoms with Crippen molar-refractivity contribution in [2.75, 3.05) is 13.7 Å². The summed E-state index contributed by atoms with van der Waals surface area (Å²) in [5.74, 6) is 2.38. The molecule has 0 radical (unpaired) electrons. The molecular formula is C10H15NO4. The Bertz CT molecular complexity index is 261. The number of methoxy groups -OCH3 is 1. The van der Waals surface area contributed by atoms with Crippen molar-refractivity contribution in [3.05, 3.63) is 10.1 Å². The van der Waals surface area contributed by atoms with Crippen LogP contribution in [0.15, 0.2) is 0 Å². The van der Waals surface area contributed by atoms with Gasteiger partial charge in [-0.2, -0.15) is 0 Å². The molecule has 0 amide bonds. The molecule has 0 heterocycles. The van der Waals surface area contributed by atoms with Gasteiger partial charge in [0.25, 0.3) is 0 Å². The maximum atomic E-state index is 10.6. The number of nitro groups is 1. The zero-order chi connectivity index (χ0) is 11.3. The highest BCUT2D eigenvalue weighted by Gasteiger charge is 2.36. The first-order valence-corrected chi connectivity index (χ1v) is 4.90. The molecule has 0 aliphatic heterocycles.